The van der Waals surface area contributed by atoms with E-state index >= 15 is 0 Å². The lowest BCUT2D eigenvalue weighted by atomic mass is 9.87. The Labute approximate surface area is 112 Å². The summed E-state index contributed by atoms with van der Waals surface area (Å²) in [6, 6.07) is 9.32. The summed E-state index contributed by atoms with van der Waals surface area (Å²) in [6.45, 7) is 5.60. The Bertz CT molecular complexity index is 352. The molecule has 1 atom stereocenters. The van der Waals surface area contributed by atoms with Crippen LogP contribution in [0, 0.1) is 12.8 Å². The lowest BCUT2D eigenvalue weighted by Crippen LogP contribution is -2.22. The summed E-state index contributed by atoms with van der Waals surface area (Å²) in [5.41, 5.74) is 2.77. The standard InChI is InChI=1S/C17H27N/c1-14-7-6-10-17(13-14)15(2)18-12-11-16-8-4-3-5-9-16/h6-7,10,13,15-16,18H,3-5,8-9,11-12H2,1-2H3/t15-/m0/s1. The predicted octanol–water partition coefficient (Wildman–Crippen LogP) is 4.62. The number of rotatable bonds is 5. The SMILES string of the molecule is Cc1cccc([C@H](C)NCCC2CCCCC2)c1. The zero-order valence-electron chi connectivity index (χ0n) is 11.9. The van der Waals surface area contributed by atoms with Gasteiger partial charge in [0.15, 0.2) is 0 Å². The van der Waals surface area contributed by atoms with Crippen LogP contribution in [0.5, 0.6) is 0 Å². The van der Waals surface area contributed by atoms with Crippen molar-refractivity contribution in [2.24, 2.45) is 5.92 Å². The molecule has 0 aromatic heterocycles. The second-order valence-electron chi connectivity index (χ2n) is 5.88. The molecule has 18 heavy (non-hydrogen) atoms. The van der Waals surface area contributed by atoms with Crippen LogP contribution in [0.15, 0.2) is 24.3 Å². The maximum atomic E-state index is 3.67. The smallest absolute Gasteiger partial charge is 0.0291 e. The van der Waals surface area contributed by atoms with Gasteiger partial charge in [-0.05, 0) is 38.3 Å². The summed E-state index contributed by atoms with van der Waals surface area (Å²) in [5, 5.41) is 3.67. The minimum absolute atomic E-state index is 0.480. The van der Waals surface area contributed by atoms with Crippen LogP contribution in [0.2, 0.25) is 0 Å². The van der Waals surface area contributed by atoms with E-state index in [1.54, 1.807) is 0 Å². The molecule has 1 aromatic rings. The van der Waals surface area contributed by atoms with Crippen LogP contribution in [0.3, 0.4) is 0 Å². The average molecular weight is 245 g/mol. The molecule has 1 aliphatic rings. The first-order valence-electron chi connectivity index (χ1n) is 7.55. The van der Waals surface area contributed by atoms with Crippen LogP contribution >= 0.6 is 0 Å². The Morgan fingerprint density at radius 3 is 2.72 bits per heavy atom. The summed E-state index contributed by atoms with van der Waals surface area (Å²) in [7, 11) is 0. The van der Waals surface area contributed by atoms with E-state index in [-0.39, 0.29) is 0 Å². The first-order chi connectivity index (χ1) is 8.75. The van der Waals surface area contributed by atoms with E-state index < -0.39 is 0 Å². The molecule has 0 heterocycles. The molecule has 1 heteroatoms. The fourth-order valence-corrected chi connectivity index (χ4v) is 3.04. The minimum Gasteiger partial charge on any atom is -0.310 e. The van der Waals surface area contributed by atoms with Crippen LogP contribution in [0.1, 0.15) is 62.6 Å². The van der Waals surface area contributed by atoms with Gasteiger partial charge in [0.2, 0.25) is 0 Å². The molecule has 1 fully saturated rings. The highest BCUT2D eigenvalue weighted by Gasteiger charge is 2.13. The molecule has 0 radical (unpaired) electrons. The number of nitrogens with one attached hydrogen (secondary N) is 1. The van der Waals surface area contributed by atoms with E-state index in [0.717, 1.165) is 5.92 Å². The van der Waals surface area contributed by atoms with Gasteiger partial charge in [0.25, 0.3) is 0 Å². The maximum Gasteiger partial charge on any atom is 0.0291 e. The predicted molar refractivity (Wildman–Crippen MR) is 78.8 cm³/mol. The van der Waals surface area contributed by atoms with Gasteiger partial charge in [-0.25, -0.2) is 0 Å². The number of aryl methyl sites for hydroxylation is 1. The highest BCUT2D eigenvalue weighted by Crippen LogP contribution is 2.26. The summed E-state index contributed by atoms with van der Waals surface area (Å²) in [6.07, 6.45) is 8.65. The first-order valence-corrected chi connectivity index (χ1v) is 7.55. The fraction of sp³-hybridized carbons (Fsp3) is 0.647. The number of benzene rings is 1. The summed E-state index contributed by atoms with van der Waals surface area (Å²) < 4.78 is 0. The van der Waals surface area contributed by atoms with Crippen molar-refractivity contribution in [3.8, 4) is 0 Å². The maximum absolute atomic E-state index is 3.67. The topological polar surface area (TPSA) is 12.0 Å². The molecule has 0 saturated heterocycles. The fourth-order valence-electron chi connectivity index (χ4n) is 3.04. The quantitative estimate of drug-likeness (QED) is 0.798. The average Bonchev–Trinajstić information content (AvgIpc) is 2.40. The molecule has 1 N–H and O–H groups in total. The van der Waals surface area contributed by atoms with E-state index in [1.165, 1.54) is 56.2 Å². The summed E-state index contributed by atoms with van der Waals surface area (Å²) in [4.78, 5) is 0. The highest BCUT2D eigenvalue weighted by molar-refractivity contribution is 5.24. The van der Waals surface area contributed by atoms with Gasteiger partial charge in [-0.2, -0.15) is 0 Å². The molecule has 0 spiro atoms. The zero-order valence-corrected chi connectivity index (χ0v) is 11.9. The van der Waals surface area contributed by atoms with Gasteiger partial charge >= 0.3 is 0 Å². The first kappa shape index (κ1) is 13.6. The third kappa shape index (κ3) is 4.13. The van der Waals surface area contributed by atoms with Crippen molar-refractivity contribution in [2.75, 3.05) is 6.54 Å². The Morgan fingerprint density at radius 1 is 1.22 bits per heavy atom. The van der Waals surface area contributed by atoms with E-state index in [2.05, 4.69) is 43.4 Å². The van der Waals surface area contributed by atoms with Crippen molar-refractivity contribution in [2.45, 2.75) is 58.4 Å². The minimum atomic E-state index is 0.480. The molecule has 0 aliphatic heterocycles. The second-order valence-corrected chi connectivity index (χ2v) is 5.88. The monoisotopic (exact) mass is 245 g/mol. The molecule has 1 saturated carbocycles. The van der Waals surface area contributed by atoms with Gasteiger partial charge in [-0.3, -0.25) is 0 Å². The largest absolute Gasteiger partial charge is 0.310 e. The normalized spacial score (nSPS) is 18.8. The number of hydrogen-bond acceptors (Lipinski definition) is 1. The highest BCUT2D eigenvalue weighted by atomic mass is 14.9. The molecule has 2 rings (SSSR count). The van der Waals surface area contributed by atoms with Crippen molar-refractivity contribution < 1.29 is 0 Å². The Morgan fingerprint density at radius 2 is 2.00 bits per heavy atom. The number of hydrogen-bond donors (Lipinski definition) is 1. The second kappa shape index (κ2) is 6.94. The van der Waals surface area contributed by atoms with E-state index in [0.29, 0.717) is 6.04 Å². The molecule has 0 bridgehead atoms. The van der Waals surface area contributed by atoms with E-state index in [9.17, 15) is 0 Å². The van der Waals surface area contributed by atoms with Gasteiger partial charge in [0.1, 0.15) is 0 Å². The third-order valence-electron chi connectivity index (χ3n) is 4.27. The van der Waals surface area contributed by atoms with E-state index in [4.69, 9.17) is 0 Å². The Kier molecular flexibility index (Phi) is 5.25. The summed E-state index contributed by atoms with van der Waals surface area (Å²) >= 11 is 0. The van der Waals surface area contributed by atoms with Crippen LogP contribution in [0.4, 0.5) is 0 Å². The molecule has 0 amide bonds. The van der Waals surface area contributed by atoms with Crippen LogP contribution in [-0.2, 0) is 0 Å². The van der Waals surface area contributed by atoms with Crippen molar-refractivity contribution >= 4 is 0 Å². The van der Waals surface area contributed by atoms with Crippen molar-refractivity contribution in [3.63, 3.8) is 0 Å². The molecular weight excluding hydrogens is 218 g/mol. The lowest BCUT2D eigenvalue weighted by Gasteiger charge is -2.23. The molecule has 100 valence electrons. The van der Waals surface area contributed by atoms with Crippen molar-refractivity contribution in [3.05, 3.63) is 35.4 Å². The van der Waals surface area contributed by atoms with Gasteiger partial charge in [0.05, 0.1) is 0 Å². The van der Waals surface area contributed by atoms with E-state index in [1.807, 2.05) is 0 Å². The van der Waals surface area contributed by atoms with Gasteiger partial charge in [0, 0.05) is 6.04 Å². The third-order valence-corrected chi connectivity index (χ3v) is 4.27. The van der Waals surface area contributed by atoms with Crippen LogP contribution in [0.25, 0.3) is 0 Å². The lowest BCUT2D eigenvalue weighted by molar-refractivity contribution is 0.329. The van der Waals surface area contributed by atoms with Gasteiger partial charge in [-0.1, -0.05) is 61.9 Å². The molecule has 1 aliphatic carbocycles. The van der Waals surface area contributed by atoms with Crippen LogP contribution < -0.4 is 5.32 Å². The van der Waals surface area contributed by atoms with Crippen molar-refractivity contribution in [1.29, 1.82) is 0 Å². The summed E-state index contributed by atoms with van der Waals surface area (Å²) in [5.74, 6) is 0.982. The molecule has 1 aromatic carbocycles. The van der Waals surface area contributed by atoms with Gasteiger partial charge in [-0.15, -0.1) is 0 Å². The molecule has 0 unspecified atom stereocenters. The molecular formula is C17H27N. The van der Waals surface area contributed by atoms with Gasteiger partial charge < -0.3 is 5.32 Å². The van der Waals surface area contributed by atoms with Crippen LogP contribution in [-0.4, -0.2) is 6.54 Å². The zero-order chi connectivity index (χ0) is 12.8. The molecule has 1 nitrogen and oxygen atoms in total. The Balaban J connectivity index is 1.72. The van der Waals surface area contributed by atoms with Crippen molar-refractivity contribution in [1.82, 2.24) is 5.32 Å². The Hall–Kier alpha value is -0.820.